The number of nitrogens with two attached hydrogens (primary N) is 2. The average Bonchev–Trinajstić information content (AvgIpc) is 2.37. The monoisotopic (exact) mass is 226 g/mol. The van der Waals surface area contributed by atoms with Crippen LogP contribution in [-0.2, 0) is 6.42 Å². The Morgan fingerprint density at radius 2 is 1.88 bits per heavy atom. The first-order chi connectivity index (χ1) is 8.20. The van der Waals surface area contributed by atoms with Crippen molar-refractivity contribution in [2.24, 2.45) is 11.5 Å². The molecule has 1 unspecified atom stereocenters. The van der Waals surface area contributed by atoms with E-state index in [1.54, 1.807) is 6.20 Å². The summed E-state index contributed by atoms with van der Waals surface area (Å²) in [6.07, 6.45) is 2.41. The minimum absolute atomic E-state index is 0.00108. The van der Waals surface area contributed by atoms with Crippen LogP contribution in [0.1, 0.15) is 12.5 Å². The molecule has 2 rings (SSSR count). The van der Waals surface area contributed by atoms with Crippen LogP contribution in [0.4, 0.5) is 0 Å². The van der Waals surface area contributed by atoms with Gasteiger partial charge in [0, 0.05) is 6.04 Å². The predicted octanol–water partition coefficient (Wildman–Crippen LogP) is 2.57. The fraction of sp³-hybridized carbons (Fsp3) is 0.200. The number of hydrogen-bond acceptors (Lipinski definition) is 2. The molecule has 88 valence electrons. The SMILES string of the molecule is C/C(=C/N)C(N)Cc1ccc2ccccc2c1. The molecule has 0 fully saturated rings. The maximum Gasteiger partial charge on any atom is 0.0308 e. The van der Waals surface area contributed by atoms with E-state index in [-0.39, 0.29) is 6.04 Å². The van der Waals surface area contributed by atoms with Crippen LogP contribution in [0.3, 0.4) is 0 Å². The normalized spacial score (nSPS) is 13.9. The fourth-order valence-corrected chi connectivity index (χ4v) is 1.90. The Bertz CT molecular complexity index is 543. The van der Waals surface area contributed by atoms with Gasteiger partial charge in [0.15, 0.2) is 0 Å². The van der Waals surface area contributed by atoms with Crippen molar-refractivity contribution in [1.29, 1.82) is 0 Å². The minimum atomic E-state index is 0.00108. The Morgan fingerprint density at radius 3 is 2.59 bits per heavy atom. The third kappa shape index (κ3) is 2.66. The van der Waals surface area contributed by atoms with Gasteiger partial charge < -0.3 is 11.5 Å². The predicted molar refractivity (Wildman–Crippen MR) is 73.6 cm³/mol. The number of hydrogen-bond donors (Lipinski definition) is 2. The third-order valence-electron chi connectivity index (χ3n) is 3.12. The van der Waals surface area contributed by atoms with Gasteiger partial charge >= 0.3 is 0 Å². The average molecular weight is 226 g/mol. The van der Waals surface area contributed by atoms with Gasteiger partial charge in [0.1, 0.15) is 0 Å². The highest BCUT2D eigenvalue weighted by Gasteiger charge is 2.06. The lowest BCUT2D eigenvalue weighted by molar-refractivity contribution is 0.762. The van der Waals surface area contributed by atoms with Gasteiger partial charge in [0.05, 0.1) is 0 Å². The van der Waals surface area contributed by atoms with Gasteiger partial charge in [0.2, 0.25) is 0 Å². The molecule has 1 atom stereocenters. The maximum atomic E-state index is 6.06. The highest BCUT2D eigenvalue weighted by Crippen LogP contribution is 2.17. The van der Waals surface area contributed by atoms with Crippen LogP contribution in [0, 0.1) is 0 Å². The van der Waals surface area contributed by atoms with E-state index in [9.17, 15) is 0 Å². The van der Waals surface area contributed by atoms with Crippen molar-refractivity contribution in [3.8, 4) is 0 Å². The van der Waals surface area contributed by atoms with Crippen LogP contribution in [0.25, 0.3) is 10.8 Å². The van der Waals surface area contributed by atoms with Gasteiger partial charge in [-0.1, -0.05) is 42.5 Å². The van der Waals surface area contributed by atoms with Crippen molar-refractivity contribution in [3.05, 3.63) is 59.8 Å². The van der Waals surface area contributed by atoms with E-state index in [1.165, 1.54) is 16.3 Å². The van der Waals surface area contributed by atoms with Crippen LogP contribution in [-0.4, -0.2) is 6.04 Å². The van der Waals surface area contributed by atoms with Gasteiger partial charge in [-0.05, 0) is 41.5 Å². The van der Waals surface area contributed by atoms with Gasteiger partial charge in [-0.25, -0.2) is 0 Å². The lowest BCUT2D eigenvalue weighted by atomic mass is 9.99. The molecule has 0 aromatic heterocycles. The van der Waals surface area contributed by atoms with Gasteiger partial charge in [0.25, 0.3) is 0 Å². The summed E-state index contributed by atoms with van der Waals surface area (Å²) in [6, 6.07) is 14.8. The number of fused-ring (bicyclic) bond motifs is 1. The van der Waals surface area contributed by atoms with Crippen LogP contribution in [0.2, 0.25) is 0 Å². The molecule has 0 radical (unpaired) electrons. The summed E-state index contributed by atoms with van der Waals surface area (Å²) >= 11 is 0. The zero-order valence-electron chi connectivity index (χ0n) is 10.1. The maximum absolute atomic E-state index is 6.06. The Kier molecular flexibility index (Phi) is 3.45. The summed E-state index contributed by atoms with van der Waals surface area (Å²) in [5.74, 6) is 0. The zero-order valence-corrected chi connectivity index (χ0v) is 10.1. The first-order valence-electron chi connectivity index (χ1n) is 5.82. The Labute approximate surface area is 102 Å². The molecule has 4 N–H and O–H groups in total. The van der Waals surface area contributed by atoms with Crippen LogP contribution in [0.5, 0.6) is 0 Å². The van der Waals surface area contributed by atoms with Crippen LogP contribution >= 0.6 is 0 Å². The standard InChI is InChI=1S/C15H18N2/c1-11(10-16)15(17)9-12-6-7-13-4-2-3-5-14(13)8-12/h2-8,10,15H,9,16-17H2,1H3/b11-10-. The summed E-state index contributed by atoms with van der Waals surface area (Å²) in [7, 11) is 0. The van der Waals surface area contributed by atoms with E-state index < -0.39 is 0 Å². The molecule has 0 spiro atoms. The van der Waals surface area contributed by atoms with E-state index in [4.69, 9.17) is 11.5 Å². The second kappa shape index (κ2) is 5.02. The molecule has 0 heterocycles. The first-order valence-corrected chi connectivity index (χ1v) is 5.82. The van der Waals surface area contributed by atoms with E-state index in [2.05, 4.69) is 42.5 Å². The topological polar surface area (TPSA) is 52.0 Å². The Hall–Kier alpha value is -1.80. The van der Waals surface area contributed by atoms with Crippen molar-refractivity contribution in [1.82, 2.24) is 0 Å². The largest absolute Gasteiger partial charge is 0.405 e. The molecule has 2 nitrogen and oxygen atoms in total. The smallest absolute Gasteiger partial charge is 0.0308 e. The van der Waals surface area contributed by atoms with Crippen molar-refractivity contribution in [2.45, 2.75) is 19.4 Å². The van der Waals surface area contributed by atoms with Crippen molar-refractivity contribution in [2.75, 3.05) is 0 Å². The molecular formula is C15H18N2. The quantitative estimate of drug-likeness (QED) is 0.845. The molecule has 0 saturated heterocycles. The van der Waals surface area contributed by atoms with Gasteiger partial charge in [-0.3, -0.25) is 0 Å². The van der Waals surface area contributed by atoms with Crippen molar-refractivity contribution in [3.63, 3.8) is 0 Å². The van der Waals surface area contributed by atoms with Crippen molar-refractivity contribution >= 4 is 10.8 Å². The van der Waals surface area contributed by atoms with E-state index in [0.29, 0.717) is 0 Å². The molecule has 2 heteroatoms. The first kappa shape index (κ1) is 11.7. The highest BCUT2D eigenvalue weighted by atomic mass is 14.6. The minimum Gasteiger partial charge on any atom is -0.405 e. The van der Waals surface area contributed by atoms with Crippen molar-refractivity contribution < 1.29 is 0 Å². The Morgan fingerprint density at radius 1 is 1.18 bits per heavy atom. The van der Waals surface area contributed by atoms with Crippen LogP contribution < -0.4 is 11.5 Å². The molecule has 0 saturated carbocycles. The lowest BCUT2D eigenvalue weighted by Gasteiger charge is -2.12. The molecule has 0 amide bonds. The van der Waals surface area contributed by atoms with E-state index in [1.807, 2.05) is 6.92 Å². The number of benzene rings is 2. The summed E-state index contributed by atoms with van der Waals surface area (Å²) in [5.41, 5.74) is 13.8. The third-order valence-corrected chi connectivity index (χ3v) is 3.12. The Balaban J connectivity index is 2.25. The fourth-order valence-electron chi connectivity index (χ4n) is 1.90. The number of rotatable bonds is 3. The highest BCUT2D eigenvalue weighted by molar-refractivity contribution is 5.83. The molecule has 0 bridgehead atoms. The molecule has 0 aliphatic heterocycles. The molecule has 0 aliphatic carbocycles. The summed E-state index contributed by atoms with van der Waals surface area (Å²) < 4.78 is 0. The van der Waals surface area contributed by atoms with E-state index >= 15 is 0 Å². The lowest BCUT2D eigenvalue weighted by Crippen LogP contribution is -2.24. The summed E-state index contributed by atoms with van der Waals surface area (Å²) in [5, 5.41) is 2.52. The van der Waals surface area contributed by atoms with Gasteiger partial charge in [-0.15, -0.1) is 0 Å². The second-order valence-electron chi connectivity index (χ2n) is 4.40. The summed E-state index contributed by atoms with van der Waals surface area (Å²) in [4.78, 5) is 0. The second-order valence-corrected chi connectivity index (χ2v) is 4.40. The molecule has 17 heavy (non-hydrogen) atoms. The van der Waals surface area contributed by atoms with Crippen LogP contribution in [0.15, 0.2) is 54.2 Å². The van der Waals surface area contributed by atoms with Gasteiger partial charge in [-0.2, -0.15) is 0 Å². The zero-order chi connectivity index (χ0) is 12.3. The van der Waals surface area contributed by atoms with E-state index in [0.717, 1.165) is 12.0 Å². The molecule has 2 aromatic carbocycles. The molecular weight excluding hydrogens is 208 g/mol. The summed E-state index contributed by atoms with van der Waals surface area (Å²) in [6.45, 7) is 1.96. The molecule has 0 aliphatic rings. The molecule has 2 aromatic rings.